The number of unbranched alkanes of at least 4 members (excludes halogenated alkanes) is 2. The van der Waals surface area contributed by atoms with Crippen LogP contribution >= 0.6 is 0 Å². The SMILES string of the molecule is O=C(CCCCC[C@H](NC(=O)c1ccc2ccccc2n1)C(=O)Nc1cccc2cccnc12)NO. The van der Waals surface area contributed by atoms with Gasteiger partial charge in [0.15, 0.2) is 0 Å². The van der Waals surface area contributed by atoms with Crippen molar-refractivity contribution in [3.8, 4) is 0 Å². The van der Waals surface area contributed by atoms with Crippen LogP contribution < -0.4 is 16.1 Å². The summed E-state index contributed by atoms with van der Waals surface area (Å²) < 4.78 is 0. The molecule has 2 aromatic heterocycles. The van der Waals surface area contributed by atoms with Crippen LogP contribution in [0.3, 0.4) is 0 Å². The molecule has 0 aliphatic rings. The van der Waals surface area contributed by atoms with Crippen molar-refractivity contribution in [3.63, 3.8) is 0 Å². The number of nitrogens with one attached hydrogen (secondary N) is 3. The molecule has 4 rings (SSSR count). The molecular weight excluding hydrogens is 458 g/mol. The molecule has 0 spiro atoms. The Balaban J connectivity index is 1.48. The first-order valence-electron chi connectivity index (χ1n) is 11.8. The normalized spacial score (nSPS) is 11.7. The molecule has 0 aliphatic heterocycles. The third kappa shape index (κ3) is 6.19. The zero-order valence-corrected chi connectivity index (χ0v) is 19.6. The van der Waals surface area contributed by atoms with Crippen molar-refractivity contribution in [2.45, 2.75) is 38.1 Å². The average Bonchev–Trinajstić information content (AvgIpc) is 2.91. The van der Waals surface area contributed by atoms with Crippen LogP contribution in [0.4, 0.5) is 5.69 Å². The van der Waals surface area contributed by atoms with Crippen LogP contribution in [-0.4, -0.2) is 38.9 Å². The second kappa shape index (κ2) is 11.9. The Morgan fingerprint density at radius 1 is 0.861 bits per heavy atom. The molecule has 0 radical (unpaired) electrons. The van der Waals surface area contributed by atoms with Crippen molar-refractivity contribution in [1.82, 2.24) is 20.8 Å². The Labute approximate surface area is 207 Å². The van der Waals surface area contributed by atoms with Crippen LogP contribution in [0.1, 0.15) is 42.6 Å². The predicted octanol–water partition coefficient (Wildman–Crippen LogP) is 3.98. The summed E-state index contributed by atoms with van der Waals surface area (Å²) in [6.07, 6.45) is 4.00. The Hall–Kier alpha value is -4.37. The van der Waals surface area contributed by atoms with Crippen molar-refractivity contribution in [1.29, 1.82) is 0 Å². The fourth-order valence-electron chi connectivity index (χ4n) is 3.99. The number of carbonyl (C=O) groups is 3. The maximum atomic E-state index is 13.3. The van der Waals surface area contributed by atoms with Crippen LogP contribution in [0.2, 0.25) is 0 Å². The molecule has 0 unspecified atom stereocenters. The number of hydroxylamine groups is 1. The van der Waals surface area contributed by atoms with Gasteiger partial charge in [-0.2, -0.15) is 0 Å². The third-order valence-electron chi connectivity index (χ3n) is 5.86. The van der Waals surface area contributed by atoms with Crippen molar-refractivity contribution in [3.05, 3.63) is 78.6 Å². The molecule has 3 amide bonds. The number of carbonyl (C=O) groups excluding carboxylic acids is 3. The van der Waals surface area contributed by atoms with E-state index in [-0.39, 0.29) is 18.0 Å². The molecule has 0 saturated heterocycles. The van der Waals surface area contributed by atoms with Gasteiger partial charge in [-0.1, -0.05) is 55.3 Å². The van der Waals surface area contributed by atoms with E-state index in [1.807, 2.05) is 54.6 Å². The van der Waals surface area contributed by atoms with E-state index >= 15 is 0 Å². The number of fused-ring (bicyclic) bond motifs is 2. The van der Waals surface area contributed by atoms with Gasteiger partial charge >= 0.3 is 0 Å². The van der Waals surface area contributed by atoms with Gasteiger partial charge in [0, 0.05) is 23.4 Å². The molecule has 36 heavy (non-hydrogen) atoms. The fraction of sp³-hybridized carbons (Fsp3) is 0.222. The highest BCUT2D eigenvalue weighted by atomic mass is 16.5. The summed E-state index contributed by atoms with van der Waals surface area (Å²) in [4.78, 5) is 46.3. The summed E-state index contributed by atoms with van der Waals surface area (Å²) in [6.45, 7) is 0. The minimum atomic E-state index is -0.823. The van der Waals surface area contributed by atoms with Gasteiger partial charge in [-0.15, -0.1) is 0 Å². The molecule has 2 heterocycles. The summed E-state index contributed by atoms with van der Waals surface area (Å²) in [5.74, 6) is -1.27. The molecule has 9 heteroatoms. The number of rotatable bonds is 10. The zero-order valence-electron chi connectivity index (χ0n) is 19.6. The molecule has 0 aliphatic carbocycles. The van der Waals surface area contributed by atoms with Crippen LogP contribution in [0.15, 0.2) is 72.9 Å². The maximum Gasteiger partial charge on any atom is 0.270 e. The highest BCUT2D eigenvalue weighted by Gasteiger charge is 2.23. The lowest BCUT2D eigenvalue weighted by Gasteiger charge is -2.19. The van der Waals surface area contributed by atoms with Crippen molar-refractivity contribution >= 4 is 45.2 Å². The smallest absolute Gasteiger partial charge is 0.270 e. The minimum absolute atomic E-state index is 0.183. The first kappa shape index (κ1) is 24.7. The number of pyridine rings is 2. The molecule has 0 fully saturated rings. The van der Waals surface area contributed by atoms with Gasteiger partial charge in [-0.3, -0.25) is 24.6 Å². The Bertz CT molecular complexity index is 1390. The zero-order chi connectivity index (χ0) is 25.3. The molecular formula is C27H27N5O4. The number of aromatic nitrogens is 2. The van der Waals surface area contributed by atoms with Gasteiger partial charge in [-0.05, 0) is 37.1 Å². The monoisotopic (exact) mass is 485 g/mol. The van der Waals surface area contributed by atoms with E-state index < -0.39 is 17.9 Å². The van der Waals surface area contributed by atoms with Gasteiger partial charge in [0.25, 0.3) is 5.91 Å². The van der Waals surface area contributed by atoms with Crippen molar-refractivity contribution in [2.24, 2.45) is 0 Å². The number of benzene rings is 2. The van der Waals surface area contributed by atoms with Crippen LogP contribution in [0.5, 0.6) is 0 Å². The standard InChI is InChI=1S/C27H27N5O4/c33-24(32-36)14-3-1-2-12-22(26(34)30-21-13-6-9-19-10-7-17-28-25(19)21)31-27(35)23-16-15-18-8-4-5-11-20(18)29-23/h4-11,13,15-17,22,36H,1-3,12,14H2,(H,30,34)(H,31,35)(H,32,33)/t22-/m0/s1. The number of para-hydroxylation sites is 2. The lowest BCUT2D eigenvalue weighted by Crippen LogP contribution is -2.44. The molecule has 0 bridgehead atoms. The summed E-state index contributed by atoms with van der Waals surface area (Å²) in [6, 6.07) is 19.4. The number of nitrogens with zero attached hydrogens (tertiary/aromatic N) is 2. The van der Waals surface area contributed by atoms with Gasteiger partial charge < -0.3 is 10.6 Å². The van der Waals surface area contributed by atoms with E-state index in [4.69, 9.17) is 5.21 Å². The summed E-state index contributed by atoms with van der Waals surface area (Å²) >= 11 is 0. The highest BCUT2D eigenvalue weighted by molar-refractivity contribution is 6.04. The molecule has 2 aromatic carbocycles. The first-order chi connectivity index (χ1) is 17.5. The largest absolute Gasteiger partial charge is 0.339 e. The van der Waals surface area contributed by atoms with E-state index in [2.05, 4.69) is 20.6 Å². The van der Waals surface area contributed by atoms with E-state index in [0.29, 0.717) is 42.4 Å². The quantitative estimate of drug-likeness (QED) is 0.153. The molecule has 0 saturated carbocycles. The summed E-state index contributed by atoms with van der Waals surface area (Å²) in [5, 5.41) is 16.2. The number of amides is 3. The summed E-state index contributed by atoms with van der Waals surface area (Å²) in [7, 11) is 0. The van der Waals surface area contributed by atoms with E-state index in [9.17, 15) is 14.4 Å². The van der Waals surface area contributed by atoms with E-state index in [1.54, 1.807) is 23.8 Å². The van der Waals surface area contributed by atoms with E-state index in [1.165, 1.54) is 0 Å². The maximum absolute atomic E-state index is 13.3. The number of anilines is 1. The topological polar surface area (TPSA) is 133 Å². The third-order valence-corrected chi connectivity index (χ3v) is 5.86. The van der Waals surface area contributed by atoms with Crippen molar-refractivity contribution in [2.75, 3.05) is 5.32 Å². The number of hydrogen-bond donors (Lipinski definition) is 4. The fourth-order valence-corrected chi connectivity index (χ4v) is 3.99. The van der Waals surface area contributed by atoms with Crippen LogP contribution in [-0.2, 0) is 9.59 Å². The van der Waals surface area contributed by atoms with Crippen LogP contribution in [0, 0.1) is 0 Å². The molecule has 184 valence electrons. The summed E-state index contributed by atoms with van der Waals surface area (Å²) in [5.41, 5.74) is 3.73. The molecule has 4 aromatic rings. The predicted molar refractivity (Wildman–Crippen MR) is 136 cm³/mol. The van der Waals surface area contributed by atoms with Gasteiger partial charge in [0.2, 0.25) is 11.8 Å². The lowest BCUT2D eigenvalue weighted by molar-refractivity contribution is -0.129. The van der Waals surface area contributed by atoms with Gasteiger partial charge in [0.05, 0.1) is 16.7 Å². The Morgan fingerprint density at radius 3 is 2.53 bits per heavy atom. The van der Waals surface area contributed by atoms with Gasteiger partial charge in [-0.25, -0.2) is 10.5 Å². The van der Waals surface area contributed by atoms with Crippen molar-refractivity contribution < 1.29 is 19.6 Å². The molecule has 1 atom stereocenters. The molecule has 4 N–H and O–H groups in total. The Morgan fingerprint density at radius 2 is 1.67 bits per heavy atom. The minimum Gasteiger partial charge on any atom is -0.339 e. The van der Waals surface area contributed by atoms with Crippen LogP contribution in [0.25, 0.3) is 21.8 Å². The highest BCUT2D eigenvalue weighted by Crippen LogP contribution is 2.21. The second-order valence-electron chi connectivity index (χ2n) is 8.42. The lowest BCUT2D eigenvalue weighted by atomic mass is 10.1. The number of hydrogen-bond acceptors (Lipinski definition) is 6. The molecule has 9 nitrogen and oxygen atoms in total. The second-order valence-corrected chi connectivity index (χ2v) is 8.42. The average molecular weight is 486 g/mol. The van der Waals surface area contributed by atoms with E-state index in [0.717, 1.165) is 10.8 Å². The first-order valence-corrected chi connectivity index (χ1v) is 11.8. The van der Waals surface area contributed by atoms with Gasteiger partial charge in [0.1, 0.15) is 11.7 Å². The Kier molecular flexibility index (Phi) is 8.15.